The van der Waals surface area contributed by atoms with Crippen molar-refractivity contribution in [3.63, 3.8) is 0 Å². The zero-order valence-electron chi connectivity index (χ0n) is 12.2. The van der Waals surface area contributed by atoms with Gasteiger partial charge in [-0.2, -0.15) is 0 Å². The number of ether oxygens (including phenoxy) is 2. The average molecular weight is 280 g/mol. The first-order valence-corrected chi connectivity index (χ1v) is 6.90. The van der Waals surface area contributed by atoms with Gasteiger partial charge in [-0.3, -0.25) is 4.79 Å². The Morgan fingerprint density at radius 3 is 2.20 bits per heavy atom. The summed E-state index contributed by atoms with van der Waals surface area (Å²) in [6.45, 7) is 4.84. The van der Waals surface area contributed by atoms with Crippen molar-refractivity contribution in [1.29, 1.82) is 0 Å². The molecule has 0 aromatic heterocycles. The predicted octanol–water partition coefficient (Wildman–Crippen LogP) is 1.84. The number of carbonyl (C=O) groups excluding carboxylic acids is 1. The Morgan fingerprint density at radius 1 is 1.15 bits per heavy atom. The van der Waals surface area contributed by atoms with E-state index in [-0.39, 0.29) is 0 Å². The molecule has 1 unspecified atom stereocenters. The highest BCUT2D eigenvalue weighted by Gasteiger charge is 2.24. The summed E-state index contributed by atoms with van der Waals surface area (Å²) in [5.41, 5.74) is 10.0. The first-order chi connectivity index (χ1) is 9.45. The van der Waals surface area contributed by atoms with E-state index in [1.165, 1.54) is 0 Å². The number of hydrogen-bond acceptors (Lipinski definition) is 4. The van der Waals surface area contributed by atoms with E-state index in [0.717, 1.165) is 24.3 Å². The maximum Gasteiger partial charge on any atom is 0.237 e. The summed E-state index contributed by atoms with van der Waals surface area (Å²) >= 11 is 0. The quantitative estimate of drug-likeness (QED) is 0.676. The van der Waals surface area contributed by atoms with Gasteiger partial charge >= 0.3 is 0 Å². The Morgan fingerprint density at radius 2 is 1.70 bits per heavy atom. The molecule has 0 aliphatic carbocycles. The zero-order chi connectivity index (χ0) is 15.0. The minimum Gasteiger partial charge on any atom is -0.494 e. The number of primary amides is 1. The Kier molecular flexibility index (Phi) is 6.31. The van der Waals surface area contributed by atoms with Crippen LogP contribution >= 0.6 is 0 Å². The van der Waals surface area contributed by atoms with Gasteiger partial charge in [-0.05, 0) is 57.4 Å². The molecule has 1 aromatic rings. The topological polar surface area (TPSA) is 87.6 Å². The number of carbonyl (C=O) groups is 1. The maximum absolute atomic E-state index is 11.0. The van der Waals surface area contributed by atoms with Gasteiger partial charge in [0.2, 0.25) is 5.91 Å². The minimum absolute atomic E-state index is 0.468. The second kappa shape index (κ2) is 7.75. The second-order valence-electron chi connectivity index (χ2n) is 4.99. The minimum atomic E-state index is -0.931. The number of rotatable bonds is 9. The molecule has 0 aliphatic heterocycles. The van der Waals surface area contributed by atoms with Crippen LogP contribution in [0.4, 0.5) is 0 Å². The Bertz CT molecular complexity index is 416. The van der Waals surface area contributed by atoms with Gasteiger partial charge in [0.25, 0.3) is 0 Å². The van der Waals surface area contributed by atoms with E-state index in [4.69, 9.17) is 20.9 Å². The Balaban J connectivity index is 2.23. The molecule has 5 heteroatoms. The lowest BCUT2D eigenvalue weighted by atomic mass is 9.96. The molecule has 0 spiro atoms. The van der Waals surface area contributed by atoms with Gasteiger partial charge in [0.15, 0.2) is 0 Å². The van der Waals surface area contributed by atoms with Crippen LogP contribution in [0.15, 0.2) is 24.3 Å². The fraction of sp³-hybridized carbons (Fsp3) is 0.533. The van der Waals surface area contributed by atoms with Crippen LogP contribution in [0.2, 0.25) is 0 Å². The van der Waals surface area contributed by atoms with Gasteiger partial charge in [-0.1, -0.05) is 0 Å². The highest BCUT2D eigenvalue weighted by atomic mass is 16.5. The lowest BCUT2D eigenvalue weighted by Gasteiger charge is -2.19. The lowest BCUT2D eigenvalue weighted by molar-refractivity contribution is -0.122. The number of nitrogens with two attached hydrogens (primary N) is 2. The predicted molar refractivity (Wildman–Crippen MR) is 78.7 cm³/mol. The van der Waals surface area contributed by atoms with Crippen LogP contribution in [0.5, 0.6) is 11.5 Å². The summed E-state index contributed by atoms with van der Waals surface area (Å²) in [6, 6.07) is 7.51. The summed E-state index contributed by atoms with van der Waals surface area (Å²) in [5.74, 6) is 1.17. The molecule has 4 N–H and O–H groups in total. The van der Waals surface area contributed by atoms with Crippen molar-refractivity contribution >= 4 is 5.91 Å². The number of amides is 1. The highest BCUT2D eigenvalue weighted by molar-refractivity contribution is 5.83. The van der Waals surface area contributed by atoms with E-state index in [1.54, 1.807) is 6.92 Å². The van der Waals surface area contributed by atoms with Crippen LogP contribution < -0.4 is 20.9 Å². The van der Waals surface area contributed by atoms with Crippen molar-refractivity contribution in [3.8, 4) is 11.5 Å². The van der Waals surface area contributed by atoms with Crippen LogP contribution in [0.25, 0.3) is 0 Å². The van der Waals surface area contributed by atoms with Crippen molar-refractivity contribution in [2.24, 2.45) is 11.5 Å². The zero-order valence-corrected chi connectivity index (χ0v) is 12.2. The molecule has 1 aromatic carbocycles. The molecule has 5 nitrogen and oxygen atoms in total. The van der Waals surface area contributed by atoms with Crippen LogP contribution in [-0.4, -0.2) is 24.7 Å². The molecule has 20 heavy (non-hydrogen) atoms. The molecule has 0 saturated heterocycles. The van der Waals surface area contributed by atoms with Gasteiger partial charge in [-0.15, -0.1) is 0 Å². The maximum atomic E-state index is 11.0. The second-order valence-corrected chi connectivity index (χ2v) is 4.99. The number of unbranched alkanes of at least 4 members (excludes halogenated alkanes) is 1. The molecule has 0 aliphatic rings. The van der Waals surface area contributed by atoms with Crippen LogP contribution in [0.3, 0.4) is 0 Å². The first kappa shape index (κ1) is 16.3. The molecule has 112 valence electrons. The van der Waals surface area contributed by atoms with E-state index in [2.05, 4.69) is 0 Å². The molecular weight excluding hydrogens is 256 g/mol. The summed E-state index contributed by atoms with van der Waals surface area (Å²) in [4.78, 5) is 11.0. The van der Waals surface area contributed by atoms with E-state index >= 15 is 0 Å². The molecule has 0 heterocycles. The van der Waals surface area contributed by atoms with Gasteiger partial charge in [0.05, 0.1) is 18.8 Å². The molecule has 0 radical (unpaired) electrons. The third-order valence-electron chi connectivity index (χ3n) is 3.06. The van der Waals surface area contributed by atoms with Crippen molar-refractivity contribution < 1.29 is 14.3 Å². The SMILES string of the molecule is CCOc1ccc(OCCCCC(C)(N)C(N)=O)cc1. The van der Waals surface area contributed by atoms with Crippen molar-refractivity contribution in [3.05, 3.63) is 24.3 Å². The third kappa shape index (κ3) is 5.48. The first-order valence-electron chi connectivity index (χ1n) is 6.90. The van der Waals surface area contributed by atoms with Crippen molar-refractivity contribution in [2.75, 3.05) is 13.2 Å². The molecular formula is C15H24N2O3. The van der Waals surface area contributed by atoms with Gasteiger partial charge in [0, 0.05) is 0 Å². The smallest absolute Gasteiger partial charge is 0.237 e. The van der Waals surface area contributed by atoms with Crippen LogP contribution in [0, 0.1) is 0 Å². The van der Waals surface area contributed by atoms with E-state index < -0.39 is 11.4 Å². The third-order valence-corrected chi connectivity index (χ3v) is 3.06. The summed E-state index contributed by atoms with van der Waals surface area (Å²) in [5, 5.41) is 0. The van der Waals surface area contributed by atoms with Gasteiger partial charge in [-0.25, -0.2) is 0 Å². The average Bonchev–Trinajstić information content (AvgIpc) is 2.40. The molecule has 0 saturated carbocycles. The van der Waals surface area contributed by atoms with Gasteiger partial charge in [0.1, 0.15) is 11.5 Å². The monoisotopic (exact) mass is 280 g/mol. The summed E-state index contributed by atoms with van der Waals surface area (Å²) < 4.78 is 11.0. The van der Waals surface area contributed by atoms with Crippen LogP contribution in [-0.2, 0) is 4.79 Å². The fourth-order valence-electron chi connectivity index (χ4n) is 1.71. The number of benzene rings is 1. The normalized spacial score (nSPS) is 13.6. The fourth-order valence-corrected chi connectivity index (χ4v) is 1.71. The van der Waals surface area contributed by atoms with E-state index in [1.807, 2.05) is 31.2 Å². The van der Waals surface area contributed by atoms with Crippen LogP contribution in [0.1, 0.15) is 33.1 Å². The van der Waals surface area contributed by atoms with Crippen molar-refractivity contribution in [2.45, 2.75) is 38.6 Å². The summed E-state index contributed by atoms with van der Waals surface area (Å²) in [6.07, 6.45) is 2.19. The Labute approximate surface area is 120 Å². The van der Waals surface area contributed by atoms with Gasteiger partial charge < -0.3 is 20.9 Å². The molecule has 1 rings (SSSR count). The largest absolute Gasteiger partial charge is 0.494 e. The standard InChI is InChI=1S/C15H24N2O3/c1-3-19-12-6-8-13(9-7-12)20-11-5-4-10-15(2,17)14(16)18/h6-9H,3-5,10-11,17H2,1-2H3,(H2,16,18). The lowest BCUT2D eigenvalue weighted by Crippen LogP contribution is -2.49. The highest BCUT2D eigenvalue weighted by Crippen LogP contribution is 2.18. The van der Waals surface area contributed by atoms with E-state index in [9.17, 15) is 4.79 Å². The van der Waals surface area contributed by atoms with Crippen molar-refractivity contribution in [1.82, 2.24) is 0 Å². The number of hydrogen-bond donors (Lipinski definition) is 2. The summed E-state index contributed by atoms with van der Waals surface area (Å²) in [7, 11) is 0. The van der Waals surface area contributed by atoms with E-state index in [0.29, 0.717) is 19.6 Å². The molecule has 1 amide bonds. The molecule has 1 atom stereocenters. The molecule has 0 fully saturated rings. The molecule has 0 bridgehead atoms. The Hall–Kier alpha value is -1.75.